The number of amides is 2. The number of hydrazine groups is 1. The second kappa shape index (κ2) is 7.13. The number of carbonyl (C=O) groups is 2. The van der Waals surface area contributed by atoms with Crippen LogP contribution in [-0.2, 0) is 6.54 Å². The number of anilines is 1. The zero-order valence-electron chi connectivity index (χ0n) is 13.5. The van der Waals surface area contributed by atoms with Crippen LogP contribution >= 0.6 is 0 Å². The molecule has 2 amide bonds. The summed E-state index contributed by atoms with van der Waals surface area (Å²) in [6, 6.07) is 4.46. The Labute approximate surface area is 146 Å². The van der Waals surface area contributed by atoms with E-state index in [0.29, 0.717) is 17.1 Å². The van der Waals surface area contributed by atoms with Gasteiger partial charge >= 0.3 is 5.91 Å². The van der Waals surface area contributed by atoms with Crippen LogP contribution in [0, 0.1) is 12.1 Å². The number of nitrogens with zero attached hydrogens (tertiary/aromatic N) is 3. The molecule has 0 unspecified atom stereocenters. The van der Waals surface area contributed by atoms with Crippen LogP contribution in [0.4, 0.5) is 5.69 Å². The monoisotopic (exact) mass is 360 g/mol. The van der Waals surface area contributed by atoms with E-state index < -0.39 is 11.8 Å². The van der Waals surface area contributed by atoms with Crippen LogP contribution in [0.15, 0.2) is 45.7 Å². The fraction of sp³-hybridized carbons (Fsp3) is 0.133. The minimum atomic E-state index is -0.645. The lowest BCUT2D eigenvalue weighted by Crippen LogP contribution is -2.41. The highest BCUT2D eigenvalue weighted by atomic mass is 16.8. The van der Waals surface area contributed by atoms with Crippen molar-refractivity contribution in [1.82, 2.24) is 20.6 Å². The molecule has 0 aliphatic carbocycles. The van der Waals surface area contributed by atoms with E-state index in [4.69, 9.17) is 14.0 Å². The van der Waals surface area contributed by atoms with E-state index in [1.54, 1.807) is 13.0 Å². The summed E-state index contributed by atoms with van der Waals surface area (Å²) < 4.78 is 11.7. The van der Waals surface area contributed by atoms with Crippen LogP contribution in [0.25, 0.3) is 0 Å². The summed E-state index contributed by atoms with van der Waals surface area (Å²) in [6.45, 7) is 1.76. The van der Waals surface area contributed by atoms with Crippen molar-refractivity contribution in [1.29, 1.82) is 0 Å². The van der Waals surface area contributed by atoms with E-state index in [1.165, 1.54) is 35.5 Å². The Morgan fingerprint density at radius 2 is 2.08 bits per heavy atom. The quantitative estimate of drug-likeness (QED) is 0.575. The van der Waals surface area contributed by atoms with Crippen molar-refractivity contribution < 1.29 is 23.6 Å². The Kier molecular flexibility index (Phi) is 4.73. The normalized spacial score (nSPS) is 10.6. The van der Waals surface area contributed by atoms with E-state index >= 15 is 0 Å². The number of rotatable bonds is 5. The molecular formula is C15H14N5O6-. The third-order valence-corrected chi connectivity index (χ3v) is 3.44. The minimum absolute atomic E-state index is 0.0239. The lowest BCUT2D eigenvalue weighted by Gasteiger charge is -2.18. The predicted octanol–water partition coefficient (Wildman–Crippen LogP) is 1.19. The maximum atomic E-state index is 12.0. The van der Waals surface area contributed by atoms with Gasteiger partial charge in [0.15, 0.2) is 5.76 Å². The molecule has 0 aliphatic rings. The number of nitrogens with one attached hydrogen (secondary N) is 2. The molecule has 26 heavy (non-hydrogen) atoms. The largest absolute Gasteiger partial charge is 0.733 e. The van der Waals surface area contributed by atoms with Crippen molar-refractivity contribution >= 4 is 17.5 Å². The summed E-state index contributed by atoms with van der Waals surface area (Å²) in [4.78, 5) is 23.9. The number of hydrogen-bond donors (Lipinski definition) is 3. The van der Waals surface area contributed by atoms with Gasteiger partial charge in [0.05, 0.1) is 36.5 Å². The zero-order chi connectivity index (χ0) is 18.7. The van der Waals surface area contributed by atoms with Gasteiger partial charge in [-0.3, -0.25) is 30.3 Å². The molecular weight excluding hydrogens is 346 g/mol. The third kappa shape index (κ3) is 3.74. The van der Waals surface area contributed by atoms with Gasteiger partial charge in [-0.15, -0.1) is 0 Å². The molecule has 0 saturated carbocycles. The second-order valence-electron chi connectivity index (χ2n) is 5.23. The van der Waals surface area contributed by atoms with Crippen LogP contribution < -0.4 is 16.1 Å². The molecule has 3 N–H and O–H groups in total. The van der Waals surface area contributed by atoms with Gasteiger partial charge < -0.3 is 19.3 Å². The second-order valence-corrected chi connectivity index (χ2v) is 5.23. The van der Waals surface area contributed by atoms with Crippen molar-refractivity contribution in [2.24, 2.45) is 0 Å². The van der Waals surface area contributed by atoms with Gasteiger partial charge in [-0.25, -0.2) is 0 Å². The Bertz CT molecular complexity index is 925. The summed E-state index contributed by atoms with van der Waals surface area (Å²) in [5.74, 6) is -0.379. The Morgan fingerprint density at radius 1 is 1.31 bits per heavy atom. The predicted molar refractivity (Wildman–Crippen MR) is 86.0 cm³/mol. The number of furan rings is 2. The van der Waals surface area contributed by atoms with Crippen molar-refractivity contribution in [2.75, 3.05) is 5.23 Å². The first-order chi connectivity index (χ1) is 12.4. The molecule has 0 bridgehead atoms. The third-order valence-electron chi connectivity index (χ3n) is 3.44. The van der Waals surface area contributed by atoms with Crippen molar-refractivity contribution in [3.63, 3.8) is 0 Å². The fourth-order valence-corrected chi connectivity index (χ4v) is 2.15. The summed E-state index contributed by atoms with van der Waals surface area (Å²) >= 11 is 0. The first-order valence-electron chi connectivity index (χ1n) is 7.36. The van der Waals surface area contributed by atoms with E-state index in [-0.39, 0.29) is 23.2 Å². The fourth-order valence-electron chi connectivity index (χ4n) is 2.15. The number of aromatic nitrogens is 2. The highest BCUT2D eigenvalue weighted by Crippen LogP contribution is 2.13. The molecule has 0 radical (unpaired) electrons. The van der Waals surface area contributed by atoms with Crippen LogP contribution in [0.1, 0.15) is 32.4 Å². The van der Waals surface area contributed by atoms with Crippen molar-refractivity contribution in [2.45, 2.75) is 13.5 Å². The Balaban J connectivity index is 1.57. The molecule has 11 heteroatoms. The zero-order valence-corrected chi connectivity index (χ0v) is 13.5. The van der Waals surface area contributed by atoms with Crippen LogP contribution in [0.2, 0.25) is 0 Å². The standard InChI is InChI=1S/C15H14N5O6/c1-9-12(4-5-25-9)14(21)17-18-15(22)13-3-2-11(26-13)8-19-7-10(6-16-19)20(23)24/h2-7,23H,8H2,1H3,(H,17,21)(H,18,22)/q-1. The maximum absolute atomic E-state index is 12.0. The van der Waals surface area contributed by atoms with Gasteiger partial charge in [0, 0.05) is 0 Å². The molecule has 3 aromatic rings. The molecule has 11 nitrogen and oxygen atoms in total. The summed E-state index contributed by atoms with van der Waals surface area (Å²) in [5.41, 5.74) is 4.75. The topological polar surface area (TPSA) is 149 Å². The van der Waals surface area contributed by atoms with Gasteiger partial charge in [0.25, 0.3) is 5.91 Å². The van der Waals surface area contributed by atoms with Crippen LogP contribution in [-0.4, -0.2) is 26.8 Å². The average Bonchev–Trinajstić information content (AvgIpc) is 3.33. The van der Waals surface area contributed by atoms with Gasteiger partial charge in [0.2, 0.25) is 0 Å². The smallest absolute Gasteiger partial charge is 0.305 e. The van der Waals surface area contributed by atoms with Gasteiger partial charge in [-0.05, 0) is 25.1 Å². The van der Waals surface area contributed by atoms with Crippen molar-refractivity contribution in [3.8, 4) is 0 Å². The maximum Gasteiger partial charge on any atom is 0.305 e. The Morgan fingerprint density at radius 3 is 2.73 bits per heavy atom. The van der Waals surface area contributed by atoms with Crippen molar-refractivity contribution in [3.05, 3.63) is 64.9 Å². The highest BCUT2D eigenvalue weighted by Gasteiger charge is 2.15. The van der Waals surface area contributed by atoms with Gasteiger partial charge in [0.1, 0.15) is 11.5 Å². The number of carbonyl (C=O) groups excluding carboxylic acids is 2. The summed E-state index contributed by atoms with van der Waals surface area (Å²) in [5, 5.41) is 23.1. The molecule has 0 spiro atoms. The van der Waals surface area contributed by atoms with Crippen LogP contribution in [0.5, 0.6) is 0 Å². The lowest BCUT2D eigenvalue weighted by atomic mass is 10.2. The summed E-state index contributed by atoms with van der Waals surface area (Å²) in [6.07, 6.45) is 3.86. The first-order valence-corrected chi connectivity index (χ1v) is 7.36. The van der Waals surface area contributed by atoms with E-state index in [0.717, 1.165) is 0 Å². The summed E-state index contributed by atoms with van der Waals surface area (Å²) in [7, 11) is 0. The number of aryl methyl sites for hydroxylation is 1. The molecule has 0 saturated heterocycles. The van der Waals surface area contributed by atoms with E-state index in [1.807, 2.05) is 0 Å². The SMILES string of the molecule is Cc1occc1C(=O)NNC(=O)c1ccc(Cn2cc(N([O-])O)cn2)o1. The lowest BCUT2D eigenvalue weighted by molar-refractivity contribution is 0.0829. The first kappa shape index (κ1) is 17.3. The Hall–Kier alpha value is -3.57. The highest BCUT2D eigenvalue weighted by molar-refractivity contribution is 5.98. The van der Waals surface area contributed by atoms with Crippen LogP contribution in [0.3, 0.4) is 0 Å². The average molecular weight is 360 g/mol. The molecule has 0 aliphatic heterocycles. The van der Waals surface area contributed by atoms with Gasteiger partial charge in [-0.1, -0.05) is 0 Å². The number of hydrogen-bond acceptors (Lipinski definition) is 8. The van der Waals surface area contributed by atoms with E-state index in [9.17, 15) is 14.8 Å². The van der Waals surface area contributed by atoms with E-state index in [2.05, 4.69) is 16.0 Å². The molecule has 3 rings (SSSR count). The molecule has 136 valence electrons. The molecule has 0 fully saturated rings. The van der Waals surface area contributed by atoms with Gasteiger partial charge in [-0.2, -0.15) is 5.10 Å². The minimum Gasteiger partial charge on any atom is -0.733 e. The molecule has 3 aromatic heterocycles. The molecule has 3 heterocycles. The molecule has 0 atom stereocenters. The molecule has 0 aromatic carbocycles.